The lowest BCUT2D eigenvalue weighted by atomic mass is 10.2. The number of carbonyl (C=O) groups excluding carboxylic acids is 1. The number of aromatic amines is 1. The zero-order valence-corrected chi connectivity index (χ0v) is 13.7. The summed E-state index contributed by atoms with van der Waals surface area (Å²) in [6.07, 6.45) is 0.186. The highest BCUT2D eigenvalue weighted by Gasteiger charge is 2.16. The van der Waals surface area contributed by atoms with Gasteiger partial charge >= 0.3 is 0 Å². The molecule has 2 N–H and O–H groups in total. The van der Waals surface area contributed by atoms with Crippen LogP contribution in [-0.4, -0.2) is 39.3 Å². The number of hydrogen-bond acceptors (Lipinski definition) is 3. The van der Waals surface area contributed by atoms with Gasteiger partial charge in [-0.25, -0.2) is 0 Å². The lowest BCUT2D eigenvalue weighted by Gasteiger charge is -2.21. The van der Waals surface area contributed by atoms with E-state index in [0.717, 1.165) is 11.3 Å². The van der Waals surface area contributed by atoms with E-state index in [1.807, 2.05) is 19.1 Å². The third-order valence-electron chi connectivity index (χ3n) is 3.17. The van der Waals surface area contributed by atoms with Gasteiger partial charge in [-0.3, -0.25) is 9.89 Å². The molecule has 0 atom stereocenters. The van der Waals surface area contributed by atoms with Crippen molar-refractivity contribution in [2.75, 3.05) is 13.2 Å². The van der Waals surface area contributed by atoms with Crippen molar-refractivity contribution >= 4 is 29.1 Å². The molecule has 22 heavy (non-hydrogen) atoms. The summed E-state index contributed by atoms with van der Waals surface area (Å²) in [6, 6.07) is 7.05. The van der Waals surface area contributed by atoms with Crippen LogP contribution >= 0.6 is 23.2 Å². The number of aliphatic hydroxyl groups is 1. The van der Waals surface area contributed by atoms with Crippen LogP contribution in [0.25, 0.3) is 0 Å². The third kappa shape index (κ3) is 4.47. The van der Waals surface area contributed by atoms with Crippen LogP contribution in [0.15, 0.2) is 24.3 Å². The molecule has 1 heterocycles. The topological polar surface area (TPSA) is 69.2 Å². The molecule has 0 fully saturated rings. The average molecular weight is 342 g/mol. The van der Waals surface area contributed by atoms with Crippen molar-refractivity contribution < 1.29 is 9.90 Å². The van der Waals surface area contributed by atoms with Crippen LogP contribution in [0.3, 0.4) is 0 Å². The molecule has 0 spiro atoms. The molecule has 1 amide bonds. The minimum Gasteiger partial charge on any atom is -0.395 e. The molecule has 5 nitrogen and oxygen atoms in total. The number of aryl methyl sites for hydroxylation is 1. The molecule has 0 aliphatic rings. The molecule has 0 saturated heterocycles. The molecule has 118 valence electrons. The molecule has 1 aromatic carbocycles. The van der Waals surface area contributed by atoms with Gasteiger partial charge in [0, 0.05) is 18.8 Å². The van der Waals surface area contributed by atoms with Gasteiger partial charge in [-0.15, -0.1) is 0 Å². The molecule has 1 aromatic heterocycles. The molecule has 0 unspecified atom stereocenters. The Morgan fingerprint density at radius 1 is 1.32 bits per heavy atom. The molecule has 0 bridgehead atoms. The number of carbonyl (C=O) groups is 1. The van der Waals surface area contributed by atoms with Gasteiger partial charge in [-0.2, -0.15) is 5.10 Å². The number of aliphatic hydroxyl groups excluding tert-OH is 1. The SMILES string of the molecule is Cc1cc(CC(=O)N(CCO)Cc2ccc(Cl)c(Cl)c2)n[nH]1. The predicted molar refractivity (Wildman–Crippen MR) is 86.0 cm³/mol. The molecule has 2 aromatic rings. The number of nitrogens with zero attached hydrogens (tertiary/aromatic N) is 2. The summed E-state index contributed by atoms with van der Waals surface area (Å²) >= 11 is 11.9. The van der Waals surface area contributed by atoms with Gasteiger partial charge in [0.15, 0.2) is 0 Å². The number of hydrogen-bond donors (Lipinski definition) is 2. The summed E-state index contributed by atoms with van der Waals surface area (Å²) in [6.45, 7) is 2.39. The number of rotatable bonds is 6. The minimum absolute atomic E-state index is 0.105. The Morgan fingerprint density at radius 2 is 2.09 bits per heavy atom. The van der Waals surface area contributed by atoms with Crippen molar-refractivity contribution in [1.82, 2.24) is 15.1 Å². The summed E-state index contributed by atoms with van der Waals surface area (Å²) in [5, 5.41) is 16.9. The second-order valence-electron chi connectivity index (χ2n) is 5.01. The van der Waals surface area contributed by atoms with Crippen molar-refractivity contribution in [2.24, 2.45) is 0 Å². The van der Waals surface area contributed by atoms with E-state index in [1.54, 1.807) is 17.0 Å². The van der Waals surface area contributed by atoms with E-state index in [-0.39, 0.29) is 25.5 Å². The Morgan fingerprint density at radius 3 is 2.68 bits per heavy atom. The standard InChI is InChI=1S/C15H17Cl2N3O2/c1-10-6-12(19-18-10)8-15(22)20(4-5-21)9-11-2-3-13(16)14(17)7-11/h2-3,6-7,21H,4-5,8-9H2,1H3,(H,18,19). The lowest BCUT2D eigenvalue weighted by molar-refractivity contribution is -0.131. The highest BCUT2D eigenvalue weighted by atomic mass is 35.5. The summed E-state index contributed by atoms with van der Waals surface area (Å²) in [7, 11) is 0. The third-order valence-corrected chi connectivity index (χ3v) is 3.91. The van der Waals surface area contributed by atoms with E-state index in [0.29, 0.717) is 22.3 Å². The number of amides is 1. The molecule has 0 saturated carbocycles. The zero-order valence-electron chi connectivity index (χ0n) is 12.1. The Bertz CT molecular complexity index is 658. The van der Waals surface area contributed by atoms with Crippen molar-refractivity contribution in [3.05, 3.63) is 51.3 Å². The number of halogens is 2. The van der Waals surface area contributed by atoms with E-state index < -0.39 is 0 Å². The van der Waals surface area contributed by atoms with Crippen LogP contribution in [0.2, 0.25) is 10.0 Å². The summed E-state index contributed by atoms with van der Waals surface area (Å²) in [5.41, 5.74) is 2.44. The Labute approximate surface area is 138 Å². The van der Waals surface area contributed by atoms with Crippen molar-refractivity contribution in [3.8, 4) is 0 Å². The lowest BCUT2D eigenvalue weighted by Crippen LogP contribution is -2.34. The maximum absolute atomic E-state index is 12.4. The first kappa shape index (κ1) is 16.8. The summed E-state index contributed by atoms with van der Waals surface area (Å²) in [5.74, 6) is -0.105. The van der Waals surface area contributed by atoms with E-state index in [2.05, 4.69) is 10.2 Å². The van der Waals surface area contributed by atoms with Gasteiger partial charge in [0.05, 0.1) is 28.8 Å². The molecular formula is C15H17Cl2N3O2. The monoisotopic (exact) mass is 341 g/mol. The quantitative estimate of drug-likeness (QED) is 0.848. The maximum atomic E-state index is 12.4. The first-order valence-corrected chi connectivity index (χ1v) is 7.58. The van der Waals surface area contributed by atoms with Gasteiger partial charge in [-0.1, -0.05) is 29.3 Å². The normalized spacial score (nSPS) is 10.7. The van der Waals surface area contributed by atoms with Crippen LogP contribution in [0.4, 0.5) is 0 Å². The highest BCUT2D eigenvalue weighted by Crippen LogP contribution is 2.23. The first-order chi connectivity index (χ1) is 10.5. The van der Waals surface area contributed by atoms with Crippen molar-refractivity contribution in [1.29, 1.82) is 0 Å². The van der Waals surface area contributed by atoms with E-state index in [4.69, 9.17) is 28.3 Å². The second-order valence-corrected chi connectivity index (χ2v) is 5.82. The van der Waals surface area contributed by atoms with Gasteiger partial charge in [0.1, 0.15) is 0 Å². The Kier molecular flexibility index (Phi) is 5.83. The second kappa shape index (κ2) is 7.63. The van der Waals surface area contributed by atoms with Crippen LogP contribution in [0.5, 0.6) is 0 Å². The zero-order chi connectivity index (χ0) is 16.1. The Balaban J connectivity index is 2.07. The molecular weight excluding hydrogens is 325 g/mol. The van der Waals surface area contributed by atoms with Crippen molar-refractivity contribution in [2.45, 2.75) is 19.9 Å². The number of benzene rings is 1. The van der Waals surface area contributed by atoms with Gasteiger partial charge in [-0.05, 0) is 30.7 Å². The fourth-order valence-corrected chi connectivity index (χ4v) is 2.42. The first-order valence-electron chi connectivity index (χ1n) is 6.83. The van der Waals surface area contributed by atoms with Gasteiger partial charge < -0.3 is 10.0 Å². The number of aromatic nitrogens is 2. The summed E-state index contributed by atoms with van der Waals surface area (Å²) in [4.78, 5) is 13.9. The van der Waals surface area contributed by atoms with E-state index in [9.17, 15) is 4.79 Å². The maximum Gasteiger partial charge on any atom is 0.229 e. The van der Waals surface area contributed by atoms with E-state index >= 15 is 0 Å². The summed E-state index contributed by atoms with van der Waals surface area (Å²) < 4.78 is 0. The fourth-order valence-electron chi connectivity index (χ4n) is 2.10. The molecule has 0 aliphatic heterocycles. The number of nitrogens with one attached hydrogen (secondary N) is 1. The van der Waals surface area contributed by atoms with Gasteiger partial charge in [0.25, 0.3) is 0 Å². The van der Waals surface area contributed by atoms with Crippen LogP contribution in [0.1, 0.15) is 17.0 Å². The van der Waals surface area contributed by atoms with E-state index in [1.165, 1.54) is 0 Å². The Hall–Kier alpha value is -1.56. The number of H-pyrrole nitrogens is 1. The van der Waals surface area contributed by atoms with Crippen molar-refractivity contribution in [3.63, 3.8) is 0 Å². The largest absolute Gasteiger partial charge is 0.395 e. The molecule has 0 radical (unpaired) electrons. The van der Waals surface area contributed by atoms with Crippen LogP contribution < -0.4 is 0 Å². The molecule has 7 heteroatoms. The van der Waals surface area contributed by atoms with Crippen LogP contribution in [0, 0.1) is 6.92 Å². The molecule has 0 aliphatic carbocycles. The predicted octanol–water partition coefficient (Wildman–Crippen LogP) is 2.59. The van der Waals surface area contributed by atoms with Gasteiger partial charge in [0.2, 0.25) is 5.91 Å². The minimum atomic E-state index is -0.105. The molecule has 2 rings (SSSR count). The average Bonchev–Trinajstić information content (AvgIpc) is 2.87. The fraction of sp³-hybridized carbons (Fsp3) is 0.333. The smallest absolute Gasteiger partial charge is 0.229 e. The highest BCUT2D eigenvalue weighted by molar-refractivity contribution is 6.42. The van der Waals surface area contributed by atoms with Crippen LogP contribution in [-0.2, 0) is 17.8 Å².